The first-order chi connectivity index (χ1) is 19.7. The van der Waals surface area contributed by atoms with Gasteiger partial charge >= 0.3 is 0 Å². The molecule has 7 atom stereocenters. The predicted octanol–water partition coefficient (Wildman–Crippen LogP) is 2.68. The van der Waals surface area contributed by atoms with Crippen molar-refractivity contribution in [3.8, 4) is 11.5 Å². The molecule has 6 rings (SSSR count). The van der Waals surface area contributed by atoms with Crippen LogP contribution in [0.5, 0.6) is 11.5 Å². The number of aliphatic hydroxyl groups is 3. The number of fused-ring (bicyclic) bond motifs is 5. The lowest BCUT2D eigenvalue weighted by Gasteiger charge is -2.61. The van der Waals surface area contributed by atoms with Crippen LogP contribution in [0, 0.1) is 23.2 Å². The number of benzene rings is 1. The summed E-state index contributed by atoms with van der Waals surface area (Å²) in [5.74, 6) is 1.11. The molecule has 0 radical (unpaired) electrons. The molecule has 4 aliphatic carbocycles. The molecular formula is C32H44N2O7. The lowest BCUT2D eigenvalue weighted by molar-refractivity contribution is -0.142. The largest absolute Gasteiger partial charge is 0.493 e. The molecule has 4 N–H and O–H groups in total. The summed E-state index contributed by atoms with van der Waals surface area (Å²) in [5.41, 5.74) is 1.83. The Bertz CT molecular complexity index is 1220. The first-order valence-electron chi connectivity index (χ1n) is 14.9. The number of carbonyl (C=O) groups excluding carboxylic acids is 2. The van der Waals surface area contributed by atoms with Gasteiger partial charge in [-0.05, 0) is 78.7 Å². The van der Waals surface area contributed by atoms with Crippen molar-refractivity contribution in [1.82, 2.24) is 10.2 Å². The maximum atomic E-state index is 13.7. The van der Waals surface area contributed by atoms with E-state index in [0.717, 1.165) is 18.8 Å². The van der Waals surface area contributed by atoms with E-state index in [9.17, 15) is 24.9 Å². The molecule has 0 saturated heterocycles. The fourth-order valence-corrected chi connectivity index (χ4v) is 7.73. The van der Waals surface area contributed by atoms with Gasteiger partial charge in [0.25, 0.3) is 0 Å². The van der Waals surface area contributed by atoms with E-state index in [0.29, 0.717) is 53.0 Å². The summed E-state index contributed by atoms with van der Waals surface area (Å²) in [6, 6.07) is 2.66. The minimum atomic E-state index is -1.12. The fourth-order valence-electron chi connectivity index (χ4n) is 7.73. The Morgan fingerprint density at radius 2 is 2.02 bits per heavy atom. The molecule has 1 aliphatic heterocycles. The van der Waals surface area contributed by atoms with Crippen LogP contribution in [0.1, 0.15) is 63.5 Å². The SMILES string of the molecule is CCC=CC(=O)N(CC1CCC2CC1C2(C)C)C1C=C(C(=O)NCCO)C2c3cc(CO)cc(OC)c3OC2C1O. The predicted molar refractivity (Wildman–Crippen MR) is 153 cm³/mol. The van der Waals surface area contributed by atoms with E-state index in [-0.39, 0.29) is 31.1 Å². The quantitative estimate of drug-likeness (QED) is 0.320. The number of hydrogen-bond donors (Lipinski definition) is 4. The average Bonchev–Trinajstić information content (AvgIpc) is 3.37. The third-order valence-corrected chi connectivity index (χ3v) is 10.1. The summed E-state index contributed by atoms with van der Waals surface area (Å²) in [4.78, 5) is 29.0. The summed E-state index contributed by atoms with van der Waals surface area (Å²) >= 11 is 0. The normalized spacial score (nSPS) is 30.9. The molecule has 9 heteroatoms. The first kappa shape index (κ1) is 29.6. The van der Waals surface area contributed by atoms with Gasteiger partial charge in [0.05, 0.1) is 32.3 Å². The van der Waals surface area contributed by atoms with Gasteiger partial charge in [-0.15, -0.1) is 0 Å². The highest BCUT2D eigenvalue weighted by Gasteiger charge is 2.56. The summed E-state index contributed by atoms with van der Waals surface area (Å²) < 4.78 is 11.9. The monoisotopic (exact) mass is 568 g/mol. The van der Waals surface area contributed by atoms with Crippen LogP contribution in [0.2, 0.25) is 0 Å². The second-order valence-corrected chi connectivity index (χ2v) is 12.5. The lowest BCUT2D eigenvalue weighted by atomic mass is 9.45. The van der Waals surface area contributed by atoms with Crippen LogP contribution in [-0.4, -0.2) is 77.1 Å². The third-order valence-electron chi connectivity index (χ3n) is 10.1. The lowest BCUT2D eigenvalue weighted by Crippen LogP contribution is -2.59. The number of nitrogens with one attached hydrogen (secondary N) is 1. The molecule has 2 bridgehead atoms. The van der Waals surface area contributed by atoms with Gasteiger partial charge in [-0.25, -0.2) is 0 Å². The van der Waals surface area contributed by atoms with E-state index in [1.165, 1.54) is 13.5 Å². The van der Waals surface area contributed by atoms with Crippen LogP contribution >= 0.6 is 0 Å². The van der Waals surface area contributed by atoms with E-state index in [1.807, 2.05) is 13.0 Å². The minimum Gasteiger partial charge on any atom is -0.493 e. The summed E-state index contributed by atoms with van der Waals surface area (Å²) in [7, 11) is 1.50. The number of allylic oxidation sites excluding steroid dienone is 1. The highest BCUT2D eigenvalue weighted by molar-refractivity contribution is 5.96. The van der Waals surface area contributed by atoms with Crippen LogP contribution < -0.4 is 14.8 Å². The second-order valence-electron chi connectivity index (χ2n) is 12.5. The van der Waals surface area contributed by atoms with Crippen LogP contribution in [0.25, 0.3) is 0 Å². The number of rotatable bonds is 10. The zero-order valence-corrected chi connectivity index (χ0v) is 24.5. The molecule has 5 aliphatic rings. The van der Waals surface area contributed by atoms with Crippen molar-refractivity contribution in [2.45, 2.75) is 77.2 Å². The standard InChI is InChI=1S/C32H44N2O7/c1-5-6-7-26(37)34(16-19-8-9-20-14-23(19)32(20,2)3)24-15-22(31(39)33-10-11-35)27-21-12-18(17-36)13-25(40-4)29(21)41-30(27)28(24)38/h6-7,12-13,15,19-20,23-24,27-28,30,35-36,38H,5,8-11,14,16-17H2,1-4H3,(H,33,39). The maximum absolute atomic E-state index is 13.7. The molecule has 0 aromatic heterocycles. The topological polar surface area (TPSA) is 129 Å². The van der Waals surface area contributed by atoms with Gasteiger partial charge in [-0.2, -0.15) is 0 Å². The van der Waals surface area contributed by atoms with Crippen molar-refractivity contribution < 1.29 is 34.4 Å². The Morgan fingerprint density at radius 3 is 2.66 bits per heavy atom. The summed E-state index contributed by atoms with van der Waals surface area (Å²) in [6.45, 7) is 6.71. The first-order valence-corrected chi connectivity index (χ1v) is 14.9. The smallest absolute Gasteiger partial charge is 0.247 e. The zero-order chi connectivity index (χ0) is 29.5. The van der Waals surface area contributed by atoms with Crippen molar-refractivity contribution in [1.29, 1.82) is 0 Å². The number of methoxy groups -OCH3 is 1. The van der Waals surface area contributed by atoms with E-state index in [4.69, 9.17) is 9.47 Å². The molecule has 41 heavy (non-hydrogen) atoms. The maximum Gasteiger partial charge on any atom is 0.247 e. The molecule has 3 fully saturated rings. The Hall–Kier alpha value is -2.88. The van der Waals surface area contributed by atoms with Gasteiger partial charge in [0, 0.05) is 24.2 Å². The zero-order valence-electron chi connectivity index (χ0n) is 24.5. The van der Waals surface area contributed by atoms with Crippen LogP contribution in [0.3, 0.4) is 0 Å². The van der Waals surface area contributed by atoms with Crippen molar-refractivity contribution in [3.05, 3.63) is 47.1 Å². The average molecular weight is 569 g/mol. The third kappa shape index (κ3) is 5.17. The Morgan fingerprint density at radius 1 is 1.24 bits per heavy atom. The van der Waals surface area contributed by atoms with E-state index >= 15 is 0 Å². The molecular weight excluding hydrogens is 524 g/mol. The van der Waals surface area contributed by atoms with Crippen molar-refractivity contribution >= 4 is 11.8 Å². The van der Waals surface area contributed by atoms with Gasteiger partial charge in [0.15, 0.2) is 11.5 Å². The number of carbonyl (C=O) groups is 2. The van der Waals surface area contributed by atoms with E-state index in [2.05, 4.69) is 19.2 Å². The molecule has 0 spiro atoms. The van der Waals surface area contributed by atoms with Crippen LogP contribution in [-0.2, 0) is 16.2 Å². The van der Waals surface area contributed by atoms with Crippen molar-refractivity contribution in [2.75, 3.05) is 26.8 Å². The minimum absolute atomic E-state index is 0.0659. The molecule has 1 aromatic carbocycles. The number of aliphatic hydroxyl groups excluding tert-OH is 3. The molecule has 224 valence electrons. The molecule has 9 nitrogen and oxygen atoms in total. The van der Waals surface area contributed by atoms with E-state index in [1.54, 1.807) is 29.2 Å². The Labute approximate surface area is 242 Å². The van der Waals surface area contributed by atoms with Gasteiger partial charge < -0.3 is 35.0 Å². The fraction of sp³-hybridized carbons (Fsp3) is 0.625. The number of hydrogen-bond acceptors (Lipinski definition) is 7. The van der Waals surface area contributed by atoms with Gasteiger partial charge in [-0.3, -0.25) is 9.59 Å². The molecule has 1 aromatic rings. The van der Waals surface area contributed by atoms with Crippen molar-refractivity contribution in [3.63, 3.8) is 0 Å². The summed E-state index contributed by atoms with van der Waals surface area (Å²) in [6.07, 6.45) is 7.17. The van der Waals surface area contributed by atoms with Gasteiger partial charge in [0.1, 0.15) is 12.2 Å². The molecule has 2 amide bonds. The molecule has 1 heterocycles. The van der Waals surface area contributed by atoms with Gasteiger partial charge in [-0.1, -0.05) is 26.8 Å². The highest BCUT2D eigenvalue weighted by Crippen LogP contribution is 2.61. The second kappa shape index (κ2) is 11.8. The Balaban J connectivity index is 1.56. The van der Waals surface area contributed by atoms with Gasteiger partial charge in [0.2, 0.25) is 11.8 Å². The Kier molecular flexibility index (Phi) is 8.51. The van der Waals surface area contributed by atoms with Crippen LogP contribution in [0.4, 0.5) is 0 Å². The highest BCUT2D eigenvalue weighted by atomic mass is 16.5. The van der Waals surface area contributed by atoms with Crippen molar-refractivity contribution in [2.24, 2.45) is 23.2 Å². The molecule has 7 unspecified atom stereocenters. The summed E-state index contributed by atoms with van der Waals surface area (Å²) in [5, 5.41) is 33.9. The number of ether oxygens (including phenoxy) is 2. The number of nitrogens with zero attached hydrogens (tertiary/aromatic N) is 1. The molecule has 3 saturated carbocycles. The van der Waals surface area contributed by atoms with E-state index < -0.39 is 30.1 Å². The number of amides is 2. The van der Waals surface area contributed by atoms with Crippen LogP contribution in [0.15, 0.2) is 35.9 Å².